The maximum atomic E-state index is 13.1. The third-order valence-electron chi connectivity index (χ3n) is 7.17. The van der Waals surface area contributed by atoms with E-state index in [1.54, 1.807) is 18.6 Å². The quantitative estimate of drug-likeness (QED) is 0.122. The van der Waals surface area contributed by atoms with Gasteiger partial charge in [-0.15, -0.1) is 0 Å². The van der Waals surface area contributed by atoms with E-state index in [0.29, 0.717) is 0 Å². The molecule has 0 aliphatic heterocycles. The summed E-state index contributed by atoms with van der Waals surface area (Å²) in [5.74, 6) is 0. The highest BCUT2D eigenvalue weighted by atomic mass is 16.2. The molecule has 1 rings (SSSR count). The Bertz CT molecular complexity index is 852. The van der Waals surface area contributed by atoms with Crippen molar-refractivity contribution in [3.63, 3.8) is 0 Å². The third-order valence-corrected chi connectivity index (χ3v) is 7.17. The molecule has 1 aromatic rings. The first-order valence-corrected chi connectivity index (χ1v) is 16.1. The Morgan fingerprint density at radius 1 is 0.385 bits per heavy atom. The van der Waals surface area contributed by atoms with Gasteiger partial charge in [0.05, 0.1) is 0 Å². The number of unbranched alkanes of at least 4 members (excludes halogenated alkanes) is 18. The van der Waals surface area contributed by atoms with Gasteiger partial charge in [0.15, 0.2) is 0 Å². The second-order valence-corrected chi connectivity index (χ2v) is 10.8. The molecule has 0 aromatic carbocycles. The molecule has 1 heterocycles. The van der Waals surface area contributed by atoms with Crippen LogP contribution in [-0.4, -0.2) is 13.7 Å². The molecule has 0 N–H and O–H groups in total. The Hall–Kier alpha value is -2.37. The van der Waals surface area contributed by atoms with Crippen molar-refractivity contribution < 1.29 is 0 Å². The summed E-state index contributed by atoms with van der Waals surface area (Å²) in [5.41, 5.74) is -1.82. The first-order valence-electron chi connectivity index (χ1n) is 16.1. The van der Waals surface area contributed by atoms with Crippen LogP contribution in [0.1, 0.15) is 156 Å². The summed E-state index contributed by atoms with van der Waals surface area (Å²) in [5, 5.41) is 0. The molecule has 6 heteroatoms. The van der Waals surface area contributed by atoms with E-state index in [1.807, 2.05) is 18.2 Å². The zero-order valence-corrected chi connectivity index (χ0v) is 25.4. The predicted octanol–water partition coefficient (Wildman–Crippen LogP) is 8.84. The number of hydrogen-bond donors (Lipinski definition) is 0. The molecule has 0 unspecified atom stereocenters. The van der Waals surface area contributed by atoms with Gasteiger partial charge in [0.2, 0.25) is 0 Å². The normalized spacial score (nSPS) is 12.1. The molecule has 0 saturated heterocycles. The molecule has 0 radical (unpaired) electrons. The summed E-state index contributed by atoms with van der Waals surface area (Å²) in [6.45, 7) is 6.63. The molecule has 1 aromatic heterocycles. The Balaban J connectivity index is 2.96. The van der Waals surface area contributed by atoms with Gasteiger partial charge < -0.3 is 0 Å². The summed E-state index contributed by atoms with van der Waals surface area (Å²) in [7, 11) is 0. The van der Waals surface area contributed by atoms with E-state index in [9.17, 15) is 14.4 Å². The lowest BCUT2D eigenvalue weighted by Crippen LogP contribution is -2.50. The van der Waals surface area contributed by atoms with Gasteiger partial charge in [-0.25, -0.2) is 28.1 Å². The van der Waals surface area contributed by atoms with Crippen LogP contribution in [0.15, 0.2) is 32.6 Å². The summed E-state index contributed by atoms with van der Waals surface area (Å²) in [4.78, 5) is 39.4. The topological polar surface area (TPSA) is 66.0 Å². The molecule has 0 atom stereocenters. The molecule has 0 amide bonds. The maximum Gasteiger partial charge on any atom is 0.344 e. The zero-order chi connectivity index (χ0) is 28.6. The van der Waals surface area contributed by atoms with Crippen LogP contribution in [0.5, 0.6) is 0 Å². The summed E-state index contributed by atoms with van der Waals surface area (Å²) in [6, 6.07) is 0. The van der Waals surface area contributed by atoms with E-state index in [1.165, 1.54) is 77.0 Å². The van der Waals surface area contributed by atoms with Gasteiger partial charge in [0.25, 0.3) is 0 Å². The largest absolute Gasteiger partial charge is 0.344 e. The van der Waals surface area contributed by atoms with Gasteiger partial charge in [-0.3, -0.25) is 0 Å². The van der Waals surface area contributed by atoms with Crippen molar-refractivity contribution in [1.82, 2.24) is 13.7 Å². The van der Waals surface area contributed by atoms with Crippen LogP contribution in [0, 0.1) is 0 Å². The van der Waals surface area contributed by atoms with Gasteiger partial charge in [0, 0.05) is 18.6 Å². The molecule has 0 bridgehead atoms. The Morgan fingerprint density at radius 2 is 0.615 bits per heavy atom. The minimum absolute atomic E-state index is 0.607. The molecule has 0 fully saturated rings. The van der Waals surface area contributed by atoms with Crippen LogP contribution in [0.25, 0.3) is 18.6 Å². The predicted molar refractivity (Wildman–Crippen MR) is 169 cm³/mol. The summed E-state index contributed by atoms with van der Waals surface area (Å²) < 4.78 is 3.22. The van der Waals surface area contributed by atoms with E-state index in [0.717, 1.165) is 71.5 Å². The highest BCUT2D eigenvalue weighted by Gasteiger charge is 2.11. The van der Waals surface area contributed by atoms with Crippen LogP contribution < -0.4 is 17.1 Å². The van der Waals surface area contributed by atoms with Gasteiger partial charge >= 0.3 is 17.1 Å². The number of nitrogens with zero attached hydrogens (tertiary/aromatic N) is 3. The second kappa shape index (κ2) is 23.5. The van der Waals surface area contributed by atoms with Crippen molar-refractivity contribution >= 4 is 18.6 Å². The van der Waals surface area contributed by atoms with E-state index in [2.05, 4.69) is 20.8 Å². The van der Waals surface area contributed by atoms with E-state index in [-0.39, 0.29) is 0 Å². The molecule has 222 valence electrons. The fraction of sp³-hybridized carbons (Fsp3) is 0.727. The van der Waals surface area contributed by atoms with Crippen LogP contribution in [0.2, 0.25) is 0 Å². The van der Waals surface area contributed by atoms with Gasteiger partial charge in [-0.05, 0) is 38.5 Å². The smallest absolute Gasteiger partial charge is 0.247 e. The summed E-state index contributed by atoms with van der Waals surface area (Å²) >= 11 is 0. The minimum Gasteiger partial charge on any atom is -0.247 e. The molecule has 6 nitrogen and oxygen atoms in total. The SMILES string of the molecule is CCCCCCCC/C=C/n1c(=O)n(/C=C/CCCCCCCC)c(=O)n(/C=C/CCCCCCCC)c1=O. The van der Waals surface area contributed by atoms with Crippen molar-refractivity contribution in [2.45, 2.75) is 156 Å². The van der Waals surface area contributed by atoms with E-state index in [4.69, 9.17) is 0 Å². The molecule has 0 spiro atoms. The first kappa shape index (κ1) is 34.7. The first-order chi connectivity index (χ1) is 19.1. The van der Waals surface area contributed by atoms with Crippen LogP contribution in [-0.2, 0) is 0 Å². The van der Waals surface area contributed by atoms with Crippen LogP contribution in [0.4, 0.5) is 0 Å². The van der Waals surface area contributed by atoms with Crippen molar-refractivity contribution in [1.29, 1.82) is 0 Å². The lowest BCUT2D eigenvalue weighted by atomic mass is 10.1. The molecule has 0 aliphatic rings. The van der Waals surface area contributed by atoms with Crippen LogP contribution in [0.3, 0.4) is 0 Å². The van der Waals surface area contributed by atoms with Crippen molar-refractivity contribution in [2.75, 3.05) is 0 Å². The van der Waals surface area contributed by atoms with Crippen molar-refractivity contribution in [2.24, 2.45) is 0 Å². The molecular weight excluding hydrogens is 486 g/mol. The van der Waals surface area contributed by atoms with E-state index < -0.39 is 17.1 Å². The Kier molecular flexibility index (Phi) is 20.9. The second-order valence-electron chi connectivity index (χ2n) is 10.8. The number of hydrogen-bond acceptors (Lipinski definition) is 3. The zero-order valence-electron chi connectivity index (χ0n) is 25.4. The highest BCUT2D eigenvalue weighted by Crippen LogP contribution is 2.09. The lowest BCUT2D eigenvalue weighted by Gasteiger charge is -2.07. The van der Waals surface area contributed by atoms with Gasteiger partial charge in [-0.2, -0.15) is 0 Å². The fourth-order valence-corrected chi connectivity index (χ4v) is 4.64. The Morgan fingerprint density at radius 3 is 0.872 bits per heavy atom. The fourth-order valence-electron chi connectivity index (χ4n) is 4.64. The minimum atomic E-state index is -0.607. The van der Waals surface area contributed by atoms with Gasteiger partial charge in [0.1, 0.15) is 0 Å². The van der Waals surface area contributed by atoms with Crippen LogP contribution >= 0.6 is 0 Å². The van der Waals surface area contributed by atoms with Crippen molar-refractivity contribution in [3.05, 3.63) is 49.7 Å². The average molecular weight is 544 g/mol. The number of allylic oxidation sites excluding steroid dienone is 3. The average Bonchev–Trinajstić information content (AvgIpc) is 2.93. The highest BCUT2D eigenvalue weighted by molar-refractivity contribution is 5.29. The maximum absolute atomic E-state index is 13.1. The van der Waals surface area contributed by atoms with Gasteiger partial charge in [-0.1, -0.05) is 135 Å². The third kappa shape index (κ3) is 15.1. The standard InChI is InChI=1S/C33H57N3O3/c1-4-7-10-13-16-19-22-25-28-34-31(37)35(29-26-23-20-17-14-11-8-5-2)33(39)36(32(34)38)30-27-24-21-18-15-12-9-6-3/h25-30H,4-24H2,1-3H3/b28-25+,29-26+,30-27+. The van der Waals surface area contributed by atoms with E-state index >= 15 is 0 Å². The van der Waals surface area contributed by atoms with Crippen molar-refractivity contribution in [3.8, 4) is 0 Å². The monoisotopic (exact) mass is 543 g/mol. The lowest BCUT2D eigenvalue weighted by molar-refractivity contribution is 0.610. The summed E-state index contributed by atoms with van der Waals surface area (Å²) in [6.07, 6.45) is 34.1. The molecular formula is C33H57N3O3. The number of rotatable bonds is 24. The number of aromatic nitrogens is 3. The molecule has 39 heavy (non-hydrogen) atoms. The molecule has 0 saturated carbocycles. The molecule has 0 aliphatic carbocycles. The Labute approximate surface area is 237 Å².